The summed E-state index contributed by atoms with van der Waals surface area (Å²) >= 11 is 21.7. The van der Waals surface area contributed by atoms with Crippen molar-refractivity contribution < 1.29 is 23.9 Å². The van der Waals surface area contributed by atoms with Crippen molar-refractivity contribution in [3.05, 3.63) is 41.6 Å². The molecule has 0 unspecified atom stereocenters. The van der Waals surface area contributed by atoms with E-state index in [1.54, 1.807) is 24.3 Å². The van der Waals surface area contributed by atoms with Gasteiger partial charge in [-0.25, -0.2) is 4.79 Å². The van der Waals surface area contributed by atoms with Crippen molar-refractivity contribution in [1.82, 2.24) is 10.2 Å². The number of hydrogen-bond donors (Lipinski definition) is 1. The molecular formula is C18H16BrCl3N2O5S. The van der Waals surface area contributed by atoms with E-state index in [1.165, 1.54) is 16.7 Å². The van der Waals surface area contributed by atoms with Crippen LogP contribution in [0.1, 0.15) is 0 Å². The van der Waals surface area contributed by atoms with E-state index >= 15 is 0 Å². The SMILES string of the molecule is O=C(COc1ccccc1)N[C@@H]1C(=O)N2C(C(=O)OCC(Cl)(Cl)Cl)=C(CBr)CS[C@H]12. The lowest BCUT2D eigenvalue weighted by Crippen LogP contribution is -2.71. The van der Waals surface area contributed by atoms with Crippen LogP contribution < -0.4 is 10.1 Å². The third-order valence-corrected chi connectivity index (χ3v) is 6.54. The first-order chi connectivity index (χ1) is 14.2. The number of amides is 2. The van der Waals surface area contributed by atoms with Crippen LogP contribution in [-0.4, -0.2) is 62.2 Å². The van der Waals surface area contributed by atoms with Gasteiger partial charge in [-0.1, -0.05) is 68.9 Å². The lowest BCUT2D eigenvalue weighted by Gasteiger charge is -2.49. The minimum Gasteiger partial charge on any atom is -0.484 e. The number of esters is 1. The molecule has 2 atom stereocenters. The summed E-state index contributed by atoms with van der Waals surface area (Å²) in [6.45, 7) is -0.682. The highest BCUT2D eigenvalue weighted by Crippen LogP contribution is 2.41. The Morgan fingerprint density at radius 2 is 1.97 bits per heavy atom. The van der Waals surface area contributed by atoms with E-state index in [9.17, 15) is 14.4 Å². The number of halogens is 4. The number of nitrogens with one attached hydrogen (secondary N) is 1. The van der Waals surface area contributed by atoms with Crippen LogP contribution in [-0.2, 0) is 19.1 Å². The quantitative estimate of drug-likeness (QED) is 0.315. The van der Waals surface area contributed by atoms with E-state index in [4.69, 9.17) is 44.3 Å². The van der Waals surface area contributed by atoms with Crippen LogP contribution in [0.2, 0.25) is 0 Å². The van der Waals surface area contributed by atoms with E-state index < -0.39 is 39.6 Å². The molecule has 2 aliphatic heterocycles. The highest BCUT2D eigenvalue weighted by atomic mass is 79.9. The topological polar surface area (TPSA) is 84.9 Å². The summed E-state index contributed by atoms with van der Waals surface area (Å²) in [7, 11) is 0. The maximum atomic E-state index is 12.7. The van der Waals surface area contributed by atoms with Gasteiger partial charge in [-0.3, -0.25) is 14.5 Å². The number of ether oxygens (including phenoxy) is 2. The zero-order valence-corrected chi connectivity index (χ0v) is 19.9. The van der Waals surface area contributed by atoms with Gasteiger partial charge in [0.1, 0.15) is 29.5 Å². The van der Waals surface area contributed by atoms with Crippen LogP contribution in [0.15, 0.2) is 41.6 Å². The maximum absolute atomic E-state index is 12.7. The predicted octanol–water partition coefficient (Wildman–Crippen LogP) is 3.03. The van der Waals surface area contributed by atoms with Gasteiger partial charge in [0.05, 0.1) is 0 Å². The number of hydrogen-bond acceptors (Lipinski definition) is 6. The van der Waals surface area contributed by atoms with Gasteiger partial charge in [-0.05, 0) is 17.7 Å². The van der Waals surface area contributed by atoms with Crippen LogP contribution in [0.5, 0.6) is 5.75 Å². The molecule has 0 bridgehead atoms. The Morgan fingerprint density at radius 3 is 2.60 bits per heavy atom. The summed E-state index contributed by atoms with van der Waals surface area (Å²) in [6, 6.07) is 8.09. The fraction of sp³-hybridized carbons (Fsp3) is 0.389. The Balaban J connectivity index is 1.62. The Kier molecular flexibility index (Phi) is 7.84. The monoisotopic (exact) mass is 556 g/mol. The lowest BCUT2D eigenvalue weighted by molar-refractivity contribution is -0.153. The van der Waals surface area contributed by atoms with Gasteiger partial charge >= 0.3 is 5.97 Å². The summed E-state index contributed by atoms with van der Waals surface area (Å²) < 4.78 is 8.69. The highest BCUT2D eigenvalue weighted by Gasteiger charge is 2.54. The van der Waals surface area contributed by atoms with Crippen molar-refractivity contribution in [2.75, 3.05) is 24.3 Å². The molecule has 12 heteroatoms. The van der Waals surface area contributed by atoms with Gasteiger partial charge in [-0.2, -0.15) is 0 Å². The van der Waals surface area contributed by atoms with E-state index in [2.05, 4.69) is 21.2 Å². The van der Waals surface area contributed by atoms with Crippen molar-refractivity contribution in [3.8, 4) is 5.75 Å². The van der Waals surface area contributed by atoms with E-state index in [1.807, 2.05) is 6.07 Å². The number of thioether (sulfide) groups is 1. The number of alkyl halides is 4. The summed E-state index contributed by atoms with van der Waals surface area (Å²) in [5, 5.41) is 2.60. The number of nitrogens with zero attached hydrogens (tertiary/aromatic N) is 1. The normalized spacial score (nSPS) is 20.9. The van der Waals surface area contributed by atoms with Gasteiger partial charge < -0.3 is 14.8 Å². The van der Waals surface area contributed by atoms with Gasteiger partial charge in [0, 0.05) is 11.1 Å². The van der Waals surface area contributed by atoms with Crippen LogP contribution in [0, 0.1) is 0 Å². The molecule has 2 aliphatic rings. The molecule has 7 nitrogen and oxygen atoms in total. The van der Waals surface area contributed by atoms with Crippen molar-refractivity contribution in [3.63, 3.8) is 0 Å². The molecule has 0 aromatic heterocycles. The zero-order chi connectivity index (χ0) is 21.9. The van der Waals surface area contributed by atoms with E-state index in [0.29, 0.717) is 22.4 Å². The number of benzene rings is 1. The molecule has 0 spiro atoms. The average Bonchev–Trinajstić information content (AvgIpc) is 2.73. The number of carbonyl (C=O) groups is 3. The van der Waals surface area contributed by atoms with E-state index in [0.717, 1.165) is 0 Å². The fourth-order valence-corrected chi connectivity index (χ4v) is 5.11. The van der Waals surface area contributed by atoms with Crippen molar-refractivity contribution in [2.24, 2.45) is 0 Å². The number of para-hydroxylation sites is 1. The molecule has 162 valence electrons. The zero-order valence-electron chi connectivity index (χ0n) is 15.3. The molecule has 2 heterocycles. The molecular weight excluding hydrogens is 543 g/mol. The summed E-state index contributed by atoms with van der Waals surface area (Å²) in [5.41, 5.74) is 0.789. The Morgan fingerprint density at radius 1 is 1.27 bits per heavy atom. The molecule has 3 rings (SSSR count). The first-order valence-corrected chi connectivity index (χ1v) is 12.0. The molecule has 30 heavy (non-hydrogen) atoms. The van der Waals surface area contributed by atoms with Crippen molar-refractivity contribution in [2.45, 2.75) is 15.2 Å². The molecule has 0 aliphatic carbocycles. The van der Waals surface area contributed by atoms with Crippen LogP contribution in [0.25, 0.3) is 0 Å². The Bertz CT molecular complexity index is 865. The van der Waals surface area contributed by atoms with Gasteiger partial charge in [0.15, 0.2) is 6.61 Å². The minimum absolute atomic E-state index is 0.112. The fourth-order valence-electron chi connectivity index (χ4n) is 2.87. The smallest absolute Gasteiger partial charge is 0.355 e. The third-order valence-electron chi connectivity index (χ3n) is 4.20. The van der Waals surface area contributed by atoms with Crippen molar-refractivity contribution in [1.29, 1.82) is 0 Å². The van der Waals surface area contributed by atoms with Gasteiger partial charge in [-0.15, -0.1) is 11.8 Å². The van der Waals surface area contributed by atoms with E-state index in [-0.39, 0.29) is 12.3 Å². The first kappa shape index (κ1) is 23.5. The third kappa shape index (κ3) is 5.56. The second kappa shape index (κ2) is 9.99. The largest absolute Gasteiger partial charge is 0.484 e. The highest BCUT2D eigenvalue weighted by molar-refractivity contribution is 9.09. The molecule has 0 radical (unpaired) electrons. The lowest BCUT2D eigenvalue weighted by atomic mass is 10.0. The maximum Gasteiger partial charge on any atom is 0.355 e. The van der Waals surface area contributed by atoms with Crippen LogP contribution >= 0.6 is 62.5 Å². The second-order valence-corrected chi connectivity index (χ2v) is 10.5. The summed E-state index contributed by atoms with van der Waals surface area (Å²) in [5.74, 6) is -0.588. The Hall–Kier alpha value is -1.13. The van der Waals surface area contributed by atoms with Crippen LogP contribution in [0.3, 0.4) is 0 Å². The molecule has 2 amide bonds. The van der Waals surface area contributed by atoms with Gasteiger partial charge in [0.25, 0.3) is 11.8 Å². The molecule has 1 aromatic carbocycles. The molecule has 0 saturated carbocycles. The standard InChI is InChI=1S/C18H16BrCl3N2O5S/c19-6-10-8-30-16-13(23-12(25)7-28-11-4-2-1-3-5-11)15(26)24(16)14(10)17(27)29-9-18(20,21)22/h1-5,13,16H,6-9H2,(H,23,25)/t13-,16-/m1/s1. The first-order valence-electron chi connectivity index (χ1n) is 8.65. The molecule has 1 fully saturated rings. The number of β-lactam (4-membered cyclic amide) rings is 1. The number of carbonyl (C=O) groups excluding carboxylic acids is 3. The average molecular weight is 559 g/mol. The Labute approximate surface area is 200 Å². The summed E-state index contributed by atoms with van der Waals surface area (Å²) in [4.78, 5) is 38.8. The predicted molar refractivity (Wildman–Crippen MR) is 119 cm³/mol. The van der Waals surface area contributed by atoms with Gasteiger partial charge in [0.2, 0.25) is 3.79 Å². The van der Waals surface area contributed by atoms with Crippen LogP contribution in [0.4, 0.5) is 0 Å². The summed E-state index contributed by atoms with van der Waals surface area (Å²) in [6.07, 6.45) is 0. The minimum atomic E-state index is -1.76. The molecule has 1 aromatic rings. The molecule has 1 saturated heterocycles. The number of rotatable bonds is 7. The number of fused-ring (bicyclic) bond motifs is 1. The second-order valence-electron chi connectivity index (χ2n) is 6.33. The van der Waals surface area contributed by atoms with Crippen molar-refractivity contribution >= 4 is 80.3 Å². The molecule has 1 N–H and O–H groups in total.